The van der Waals surface area contributed by atoms with Crippen LogP contribution >= 0.6 is 0 Å². The lowest BCUT2D eigenvalue weighted by Gasteiger charge is -2.22. The molecule has 25 heavy (non-hydrogen) atoms. The van der Waals surface area contributed by atoms with Gasteiger partial charge in [-0.15, -0.1) is 0 Å². The number of aryl methyl sites for hydroxylation is 1. The molecule has 7 nitrogen and oxygen atoms in total. The number of nitrogens with zero attached hydrogens (tertiary/aromatic N) is 2. The zero-order valence-electron chi connectivity index (χ0n) is 14.0. The highest BCUT2D eigenvalue weighted by Crippen LogP contribution is 2.29. The van der Waals surface area contributed by atoms with Crippen LogP contribution in [-0.2, 0) is 16.4 Å². The van der Waals surface area contributed by atoms with Crippen LogP contribution in [0.4, 0.5) is 5.69 Å². The maximum Gasteiger partial charge on any atom is 0.289 e. The van der Waals surface area contributed by atoms with Crippen molar-refractivity contribution in [3.8, 4) is 0 Å². The molecule has 2 rings (SSSR count). The maximum absolute atomic E-state index is 13.1. The summed E-state index contributed by atoms with van der Waals surface area (Å²) in [5.41, 5.74) is 6.48. The smallest absolute Gasteiger partial charge is 0.289 e. The third-order valence-electron chi connectivity index (χ3n) is 3.86. The van der Waals surface area contributed by atoms with Crippen LogP contribution in [0.2, 0.25) is 0 Å². The van der Waals surface area contributed by atoms with E-state index in [0.29, 0.717) is 12.0 Å². The van der Waals surface area contributed by atoms with Crippen molar-refractivity contribution in [2.24, 2.45) is 5.73 Å². The predicted molar refractivity (Wildman–Crippen MR) is 95.8 cm³/mol. The molecular formula is C17H21N3O4S. The molecule has 2 aromatic carbocycles. The highest BCUT2D eigenvalue weighted by molar-refractivity contribution is 7.89. The summed E-state index contributed by atoms with van der Waals surface area (Å²) in [4.78, 5) is 10.3. The first-order valence-electron chi connectivity index (χ1n) is 7.86. The van der Waals surface area contributed by atoms with Gasteiger partial charge in [0.25, 0.3) is 5.69 Å². The largest absolute Gasteiger partial charge is 0.329 e. The molecule has 8 heteroatoms. The average Bonchev–Trinajstić information content (AvgIpc) is 2.58. The fraction of sp³-hybridized carbons (Fsp3) is 0.294. The van der Waals surface area contributed by atoms with E-state index >= 15 is 0 Å². The molecule has 0 spiro atoms. The van der Waals surface area contributed by atoms with Gasteiger partial charge in [-0.05, 0) is 24.5 Å². The van der Waals surface area contributed by atoms with E-state index in [4.69, 9.17) is 5.73 Å². The Morgan fingerprint density at radius 2 is 1.76 bits per heavy atom. The number of nitrogens with two attached hydrogens (primary N) is 1. The van der Waals surface area contributed by atoms with Gasteiger partial charge in [-0.3, -0.25) is 10.1 Å². The molecule has 134 valence electrons. The molecule has 2 N–H and O–H groups in total. The Morgan fingerprint density at radius 3 is 2.36 bits per heavy atom. The van der Waals surface area contributed by atoms with Gasteiger partial charge in [0.2, 0.25) is 10.0 Å². The number of hydrogen-bond acceptors (Lipinski definition) is 5. The highest BCUT2D eigenvalue weighted by Gasteiger charge is 2.32. The van der Waals surface area contributed by atoms with Gasteiger partial charge in [0.05, 0.1) is 4.92 Å². The molecule has 0 heterocycles. The Labute approximate surface area is 147 Å². The Hall–Kier alpha value is -2.29. The second-order valence-corrected chi connectivity index (χ2v) is 7.48. The van der Waals surface area contributed by atoms with Crippen molar-refractivity contribution in [3.05, 3.63) is 69.8 Å². The quantitative estimate of drug-likeness (QED) is 0.571. The number of benzene rings is 2. The first-order valence-corrected chi connectivity index (χ1v) is 9.30. The Kier molecular flexibility index (Phi) is 6.24. The van der Waals surface area contributed by atoms with Gasteiger partial charge in [-0.25, -0.2) is 8.42 Å². The van der Waals surface area contributed by atoms with E-state index in [0.717, 1.165) is 5.56 Å². The minimum absolute atomic E-state index is 0.0979. The van der Waals surface area contributed by atoms with E-state index < -0.39 is 20.6 Å². The van der Waals surface area contributed by atoms with Gasteiger partial charge in [0, 0.05) is 25.7 Å². The number of hydrogen-bond donors (Lipinski definition) is 1. The van der Waals surface area contributed by atoms with Crippen molar-refractivity contribution in [1.29, 1.82) is 0 Å². The zero-order chi connectivity index (χ0) is 18.4. The molecular weight excluding hydrogens is 342 g/mol. The van der Waals surface area contributed by atoms with Gasteiger partial charge >= 0.3 is 0 Å². The van der Waals surface area contributed by atoms with E-state index in [-0.39, 0.29) is 24.5 Å². The van der Waals surface area contributed by atoms with Crippen LogP contribution in [0.25, 0.3) is 0 Å². The predicted octanol–water partition coefficient (Wildman–Crippen LogP) is 2.10. The molecule has 0 aliphatic carbocycles. The van der Waals surface area contributed by atoms with Crippen molar-refractivity contribution < 1.29 is 13.3 Å². The zero-order valence-corrected chi connectivity index (χ0v) is 14.8. The molecule has 0 fully saturated rings. The molecule has 0 bridgehead atoms. The summed E-state index contributed by atoms with van der Waals surface area (Å²) in [5, 5.41) is 11.3. The van der Waals surface area contributed by atoms with Gasteiger partial charge in [-0.2, -0.15) is 4.31 Å². The third-order valence-corrected chi connectivity index (χ3v) is 5.95. The Balaban J connectivity index is 2.38. The van der Waals surface area contributed by atoms with E-state index in [1.165, 1.54) is 16.4 Å². The Morgan fingerprint density at radius 1 is 1.08 bits per heavy atom. The molecule has 0 aromatic heterocycles. The van der Waals surface area contributed by atoms with Gasteiger partial charge < -0.3 is 5.73 Å². The lowest BCUT2D eigenvalue weighted by molar-refractivity contribution is -0.387. The van der Waals surface area contributed by atoms with Crippen molar-refractivity contribution in [3.63, 3.8) is 0 Å². The van der Waals surface area contributed by atoms with Crippen LogP contribution in [0.3, 0.4) is 0 Å². The number of nitro groups is 1. The standard InChI is InChI=1S/C17H21N3O4S/c1-14-6-5-9-16(20(21)22)17(14)25(23,24)19(13-11-18)12-10-15-7-3-2-4-8-15/h2-9H,10-13,18H2,1H3. The van der Waals surface area contributed by atoms with Gasteiger partial charge in [-0.1, -0.05) is 42.5 Å². The molecule has 0 radical (unpaired) electrons. The molecule has 0 aliphatic rings. The first kappa shape index (κ1) is 19.0. The van der Waals surface area contributed by atoms with Crippen molar-refractivity contribution in [2.45, 2.75) is 18.2 Å². The van der Waals surface area contributed by atoms with E-state index in [9.17, 15) is 18.5 Å². The minimum atomic E-state index is -4.03. The fourth-order valence-corrected chi connectivity index (χ4v) is 4.46. The summed E-state index contributed by atoms with van der Waals surface area (Å²) in [5.74, 6) is 0. The lowest BCUT2D eigenvalue weighted by atomic mass is 10.1. The SMILES string of the molecule is Cc1cccc([N+](=O)[O-])c1S(=O)(=O)N(CCN)CCc1ccccc1. The van der Waals surface area contributed by atoms with Crippen LogP contribution in [0.1, 0.15) is 11.1 Å². The topological polar surface area (TPSA) is 107 Å². The van der Waals surface area contributed by atoms with Gasteiger partial charge in [0.15, 0.2) is 4.90 Å². The van der Waals surface area contributed by atoms with Crippen molar-refractivity contribution in [1.82, 2.24) is 4.31 Å². The van der Waals surface area contributed by atoms with E-state index in [1.54, 1.807) is 13.0 Å². The van der Waals surface area contributed by atoms with Crippen LogP contribution in [-0.4, -0.2) is 37.3 Å². The summed E-state index contributed by atoms with van der Waals surface area (Å²) >= 11 is 0. The second-order valence-electron chi connectivity index (χ2n) is 5.61. The molecule has 0 unspecified atom stereocenters. The van der Waals surface area contributed by atoms with Crippen molar-refractivity contribution >= 4 is 15.7 Å². The number of sulfonamides is 1. The Bertz CT molecular complexity index is 838. The maximum atomic E-state index is 13.1. The lowest BCUT2D eigenvalue weighted by Crippen LogP contribution is -2.37. The molecule has 2 aromatic rings. The van der Waals surface area contributed by atoms with Crippen LogP contribution in [0.15, 0.2) is 53.4 Å². The normalized spacial score (nSPS) is 11.6. The second kappa shape index (κ2) is 8.19. The first-order chi connectivity index (χ1) is 11.9. The van der Waals surface area contributed by atoms with E-state index in [2.05, 4.69) is 0 Å². The summed E-state index contributed by atoms with van der Waals surface area (Å²) in [6.07, 6.45) is 0.500. The van der Waals surface area contributed by atoms with Crippen LogP contribution in [0.5, 0.6) is 0 Å². The average molecular weight is 363 g/mol. The fourth-order valence-electron chi connectivity index (χ4n) is 2.64. The van der Waals surface area contributed by atoms with Crippen LogP contribution < -0.4 is 5.73 Å². The summed E-state index contributed by atoms with van der Waals surface area (Å²) in [7, 11) is -4.03. The van der Waals surface area contributed by atoms with Crippen molar-refractivity contribution in [2.75, 3.05) is 19.6 Å². The minimum Gasteiger partial charge on any atom is -0.329 e. The summed E-state index contributed by atoms with van der Waals surface area (Å²) < 4.78 is 27.3. The molecule has 0 atom stereocenters. The third kappa shape index (κ3) is 4.41. The van der Waals surface area contributed by atoms with E-state index in [1.807, 2.05) is 30.3 Å². The summed E-state index contributed by atoms with van der Waals surface area (Å²) in [6, 6.07) is 13.7. The number of nitro benzene ring substituents is 1. The van der Waals surface area contributed by atoms with Gasteiger partial charge in [0.1, 0.15) is 0 Å². The number of rotatable bonds is 8. The molecule has 0 amide bonds. The molecule has 0 aliphatic heterocycles. The van der Waals surface area contributed by atoms with Crippen LogP contribution in [0, 0.1) is 17.0 Å². The molecule has 0 saturated carbocycles. The summed E-state index contributed by atoms with van der Waals surface area (Å²) in [6.45, 7) is 1.99. The monoisotopic (exact) mass is 363 g/mol. The highest BCUT2D eigenvalue weighted by atomic mass is 32.2. The molecule has 0 saturated heterocycles.